The number of hydrogen-bond donors (Lipinski definition) is 2. The van der Waals surface area contributed by atoms with Gasteiger partial charge in [-0.1, -0.05) is 55.3 Å². The number of hydrogen-bond acceptors (Lipinski definition) is 7. The molecular weight excluding hydrogens is 512 g/mol. The van der Waals surface area contributed by atoms with Gasteiger partial charge in [0.15, 0.2) is 0 Å². The van der Waals surface area contributed by atoms with Gasteiger partial charge >= 0.3 is 0 Å². The van der Waals surface area contributed by atoms with Crippen LogP contribution in [0.4, 0.5) is 11.6 Å². The number of fused-ring (bicyclic) bond motifs is 6. The Kier molecular flexibility index (Phi) is 7.16. The normalized spacial score (nSPS) is 25.6. The summed E-state index contributed by atoms with van der Waals surface area (Å²) in [5, 5.41) is 15.5. The molecule has 41 heavy (non-hydrogen) atoms. The number of nitrogens with one attached hydrogen (secondary N) is 2. The fraction of sp³-hybridized carbons (Fsp3) is 0.531. The first-order valence-electron chi connectivity index (χ1n) is 15.5. The van der Waals surface area contributed by atoms with Gasteiger partial charge in [0.05, 0.1) is 0 Å². The Morgan fingerprint density at radius 1 is 0.976 bits per heavy atom. The van der Waals surface area contributed by atoms with Crippen molar-refractivity contribution in [2.75, 3.05) is 36.1 Å². The summed E-state index contributed by atoms with van der Waals surface area (Å²) in [6.07, 6.45) is 7.27. The molecule has 2 N–H and O–H groups in total. The number of nitrogens with zero attached hydrogens (tertiary/aromatic N) is 6. The minimum Gasteiger partial charge on any atom is -0.368 e. The topological polar surface area (TPSA) is 81.6 Å². The number of aromatic nitrogens is 3. The zero-order chi connectivity index (χ0) is 27.9. The van der Waals surface area contributed by atoms with Crippen LogP contribution in [0.1, 0.15) is 73.2 Å². The highest BCUT2D eigenvalue weighted by Crippen LogP contribution is 2.45. The van der Waals surface area contributed by atoms with E-state index in [2.05, 4.69) is 92.7 Å². The van der Waals surface area contributed by atoms with E-state index in [1.165, 1.54) is 41.6 Å². The average molecular weight is 555 g/mol. The van der Waals surface area contributed by atoms with E-state index < -0.39 is 0 Å². The molecule has 2 saturated heterocycles. The van der Waals surface area contributed by atoms with Crippen LogP contribution >= 0.6 is 0 Å². The van der Waals surface area contributed by atoms with Crippen molar-refractivity contribution in [2.45, 2.75) is 77.2 Å². The molecule has 0 bridgehead atoms. The molecule has 2 aromatic carbocycles. The second kappa shape index (κ2) is 11.1. The van der Waals surface area contributed by atoms with E-state index in [1.807, 2.05) is 4.90 Å². The van der Waals surface area contributed by atoms with Crippen molar-refractivity contribution >= 4 is 17.5 Å². The van der Waals surface area contributed by atoms with Crippen LogP contribution in [-0.4, -0.2) is 57.9 Å². The number of amides is 1. The Morgan fingerprint density at radius 3 is 2.61 bits per heavy atom. The molecule has 7 rings (SSSR count). The predicted octanol–water partition coefficient (Wildman–Crippen LogP) is 4.25. The van der Waals surface area contributed by atoms with Crippen molar-refractivity contribution in [3.05, 3.63) is 71.0 Å². The number of piperazine rings is 1. The molecule has 1 aliphatic carbocycles. The maximum absolute atomic E-state index is 13.2. The molecule has 4 aliphatic rings. The Hall–Kier alpha value is -3.43. The number of anilines is 2. The van der Waals surface area contributed by atoms with E-state index in [-0.39, 0.29) is 18.2 Å². The van der Waals surface area contributed by atoms with Crippen molar-refractivity contribution < 1.29 is 4.79 Å². The molecular formula is C32H42N8O. The second-order valence-corrected chi connectivity index (χ2v) is 12.3. The summed E-state index contributed by atoms with van der Waals surface area (Å²) in [7, 11) is 0. The maximum atomic E-state index is 13.2. The summed E-state index contributed by atoms with van der Waals surface area (Å²) in [6, 6.07) is 17.6. The lowest BCUT2D eigenvalue weighted by Gasteiger charge is -2.44. The summed E-state index contributed by atoms with van der Waals surface area (Å²) in [4.78, 5) is 17.6. The molecule has 3 aliphatic heterocycles. The Balaban J connectivity index is 0.992. The lowest BCUT2D eigenvalue weighted by atomic mass is 9.81. The predicted molar refractivity (Wildman–Crippen MR) is 160 cm³/mol. The Bertz CT molecular complexity index is 1380. The minimum absolute atomic E-state index is 0.0587. The highest BCUT2D eigenvalue weighted by Gasteiger charge is 2.48. The number of carbonyl (C=O) groups is 1. The zero-order valence-electron chi connectivity index (χ0n) is 24.3. The van der Waals surface area contributed by atoms with Crippen LogP contribution in [0.3, 0.4) is 0 Å². The highest BCUT2D eigenvalue weighted by molar-refractivity contribution is 5.76. The fourth-order valence-corrected chi connectivity index (χ4v) is 7.45. The van der Waals surface area contributed by atoms with E-state index in [0.29, 0.717) is 18.4 Å². The minimum atomic E-state index is 0.0587. The van der Waals surface area contributed by atoms with Crippen molar-refractivity contribution in [2.24, 2.45) is 5.92 Å². The smallest absolute Gasteiger partial charge is 0.243 e. The van der Waals surface area contributed by atoms with Crippen LogP contribution in [-0.2, 0) is 11.2 Å². The van der Waals surface area contributed by atoms with Crippen LogP contribution in [0.15, 0.2) is 48.5 Å². The molecule has 3 fully saturated rings. The van der Waals surface area contributed by atoms with Gasteiger partial charge in [-0.15, -0.1) is 10.2 Å². The molecule has 216 valence electrons. The Morgan fingerprint density at radius 2 is 1.78 bits per heavy atom. The van der Waals surface area contributed by atoms with E-state index in [9.17, 15) is 4.79 Å². The quantitative estimate of drug-likeness (QED) is 0.472. The van der Waals surface area contributed by atoms with Gasteiger partial charge < -0.3 is 9.80 Å². The number of hydrazine groups is 1. The molecule has 4 heterocycles. The van der Waals surface area contributed by atoms with Gasteiger partial charge in [-0.3, -0.25) is 19.7 Å². The van der Waals surface area contributed by atoms with Gasteiger partial charge in [0, 0.05) is 56.7 Å². The second-order valence-electron chi connectivity index (χ2n) is 12.3. The standard InChI is InChI=1S/C32H42N8O/c1-22-15-16-23(2)27(21-22)37-17-19-38(20-18-37)29(41)14-8-13-28-34-35-32-39(28)26-12-7-6-11-25(26)31-33-30(36-40(31)32)24-9-4-3-5-10-24/h3-5,9-10,15-16,21,25-26,30-31,33,36H,6-8,11-14,17-20H2,1-2H3. The number of aryl methyl sites for hydroxylation is 3. The van der Waals surface area contributed by atoms with Gasteiger partial charge in [0.1, 0.15) is 18.2 Å². The third-order valence-electron chi connectivity index (χ3n) is 9.63. The lowest BCUT2D eigenvalue weighted by Crippen LogP contribution is -2.53. The number of carbonyl (C=O) groups excluding carboxylic acids is 1. The summed E-state index contributed by atoms with van der Waals surface area (Å²) in [6.45, 7) is 7.66. The van der Waals surface area contributed by atoms with Crippen molar-refractivity contribution in [3.63, 3.8) is 0 Å². The molecule has 9 heteroatoms. The SMILES string of the molecule is Cc1ccc(C)c(N2CCN(C(=O)CCCc3nnc4n3C3CCCCC3C3NC(c5ccccc5)NN43)CC2)c1. The molecule has 4 unspecified atom stereocenters. The third kappa shape index (κ3) is 4.99. The molecule has 3 aromatic rings. The fourth-order valence-electron chi connectivity index (χ4n) is 7.45. The zero-order valence-corrected chi connectivity index (χ0v) is 24.3. The molecule has 1 saturated carbocycles. The van der Waals surface area contributed by atoms with Gasteiger partial charge in [0.25, 0.3) is 0 Å². The third-order valence-corrected chi connectivity index (χ3v) is 9.63. The number of rotatable bonds is 6. The molecule has 9 nitrogen and oxygen atoms in total. The first kappa shape index (κ1) is 26.5. The van der Waals surface area contributed by atoms with Gasteiger partial charge in [-0.25, -0.2) is 5.43 Å². The van der Waals surface area contributed by atoms with Crippen LogP contribution in [0.2, 0.25) is 0 Å². The average Bonchev–Trinajstić information content (AvgIpc) is 3.64. The summed E-state index contributed by atoms with van der Waals surface area (Å²) >= 11 is 0. The summed E-state index contributed by atoms with van der Waals surface area (Å²) in [5.74, 6) is 2.69. The van der Waals surface area contributed by atoms with Gasteiger partial charge in [-0.05, 0) is 55.9 Å². The monoisotopic (exact) mass is 554 g/mol. The van der Waals surface area contributed by atoms with Gasteiger partial charge in [0.2, 0.25) is 11.9 Å². The lowest BCUT2D eigenvalue weighted by molar-refractivity contribution is -0.131. The Labute approximate surface area is 242 Å². The van der Waals surface area contributed by atoms with Gasteiger partial charge in [-0.2, -0.15) is 0 Å². The van der Waals surface area contributed by atoms with Crippen LogP contribution in [0, 0.1) is 19.8 Å². The van der Waals surface area contributed by atoms with E-state index in [0.717, 1.165) is 57.2 Å². The maximum Gasteiger partial charge on any atom is 0.243 e. The largest absolute Gasteiger partial charge is 0.368 e. The first-order chi connectivity index (χ1) is 20.1. The van der Waals surface area contributed by atoms with Crippen molar-refractivity contribution in [3.8, 4) is 0 Å². The number of benzene rings is 2. The van der Waals surface area contributed by atoms with Crippen LogP contribution in [0.25, 0.3) is 0 Å². The van der Waals surface area contributed by atoms with Crippen LogP contribution < -0.4 is 20.7 Å². The molecule has 4 atom stereocenters. The molecule has 1 aromatic heterocycles. The molecule has 0 spiro atoms. The summed E-state index contributed by atoms with van der Waals surface area (Å²) in [5.41, 5.74) is 8.80. The van der Waals surface area contributed by atoms with E-state index >= 15 is 0 Å². The van der Waals surface area contributed by atoms with Crippen molar-refractivity contribution in [1.29, 1.82) is 0 Å². The highest BCUT2D eigenvalue weighted by atomic mass is 16.2. The molecule has 0 radical (unpaired) electrons. The van der Waals surface area contributed by atoms with E-state index in [1.54, 1.807) is 0 Å². The van der Waals surface area contributed by atoms with Crippen LogP contribution in [0.5, 0.6) is 0 Å². The van der Waals surface area contributed by atoms with E-state index in [4.69, 9.17) is 5.10 Å². The summed E-state index contributed by atoms with van der Waals surface area (Å²) < 4.78 is 2.40. The van der Waals surface area contributed by atoms with Crippen molar-refractivity contribution in [1.82, 2.24) is 30.4 Å². The molecule has 1 amide bonds. The first-order valence-corrected chi connectivity index (χ1v) is 15.5.